The van der Waals surface area contributed by atoms with Gasteiger partial charge in [0.1, 0.15) is 5.82 Å². The summed E-state index contributed by atoms with van der Waals surface area (Å²) in [5.74, 6) is 0.907. The smallest absolute Gasteiger partial charge is 0.409 e. The van der Waals surface area contributed by atoms with Gasteiger partial charge in [-0.05, 0) is 33.3 Å². The molecule has 0 radical (unpaired) electrons. The van der Waals surface area contributed by atoms with Gasteiger partial charge in [0.05, 0.1) is 6.61 Å². The third-order valence-corrected chi connectivity index (χ3v) is 6.33. The third kappa shape index (κ3) is 6.41. The lowest BCUT2D eigenvalue weighted by molar-refractivity contribution is -0.132. The minimum atomic E-state index is -0.303. The summed E-state index contributed by atoms with van der Waals surface area (Å²) in [7, 11) is 0. The Morgan fingerprint density at radius 2 is 1.78 bits per heavy atom. The number of piperazine rings is 1. The number of carbonyl (C=O) groups is 2. The number of nitrogens with zero attached hydrogens (tertiary/aromatic N) is 5. The summed E-state index contributed by atoms with van der Waals surface area (Å²) in [6, 6.07) is 8.62. The molecule has 2 amide bonds. The van der Waals surface area contributed by atoms with Crippen LogP contribution in [0.15, 0.2) is 24.3 Å². The molecule has 9 heteroatoms. The summed E-state index contributed by atoms with van der Waals surface area (Å²) in [4.78, 5) is 35.0. The molecule has 8 nitrogen and oxygen atoms in total. The van der Waals surface area contributed by atoms with Crippen molar-refractivity contribution >= 4 is 28.7 Å². The van der Waals surface area contributed by atoms with E-state index >= 15 is 0 Å². The minimum absolute atomic E-state index is 0.101. The predicted octanol–water partition coefficient (Wildman–Crippen LogP) is 3.34. The zero-order chi connectivity index (χ0) is 23.1. The van der Waals surface area contributed by atoms with Gasteiger partial charge in [-0.15, -0.1) is 0 Å². The molecular formula is C23H33N5O3S. The molecule has 1 aromatic carbocycles. The molecule has 174 valence electrons. The molecule has 1 saturated heterocycles. The molecule has 0 unspecified atom stereocenters. The number of hydrogen-bond acceptors (Lipinski definition) is 7. The van der Waals surface area contributed by atoms with E-state index in [0.717, 1.165) is 11.0 Å². The van der Waals surface area contributed by atoms with Gasteiger partial charge in [0, 0.05) is 63.1 Å². The van der Waals surface area contributed by atoms with E-state index in [4.69, 9.17) is 9.72 Å². The van der Waals surface area contributed by atoms with E-state index in [1.165, 1.54) is 22.7 Å². The quantitative estimate of drug-likeness (QED) is 0.602. The van der Waals surface area contributed by atoms with Gasteiger partial charge in [-0.2, -0.15) is 4.37 Å². The number of benzene rings is 1. The molecule has 1 fully saturated rings. The Kier molecular flexibility index (Phi) is 8.44. The molecule has 1 aliphatic heterocycles. The molecule has 0 saturated carbocycles. The first-order valence-electron chi connectivity index (χ1n) is 11.2. The molecule has 0 atom stereocenters. The molecule has 1 aliphatic rings. The lowest BCUT2D eigenvalue weighted by Crippen LogP contribution is -2.51. The molecule has 0 spiro atoms. The van der Waals surface area contributed by atoms with Crippen LogP contribution in [0.4, 0.5) is 9.93 Å². The summed E-state index contributed by atoms with van der Waals surface area (Å²) in [5, 5.41) is 0.849. The Hall–Kier alpha value is -2.68. The van der Waals surface area contributed by atoms with Crippen molar-refractivity contribution in [2.45, 2.75) is 46.6 Å². The van der Waals surface area contributed by atoms with E-state index in [0.29, 0.717) is 52.2 Å². The van der Waals surface area contributed by atoms with Crippen LogP contribution in [0.2, 0.25) is 0 Å². The number of rotatable bonds is 8. The van der Waals surface area contributed by atoms with Gasteiger partial charge < -0.3 is 19.4 Å². The molecule has 0 bridgehead atoms. The monoisotopic (exact) mass is 459 g/mol. The second-order valence-electron chi connectivity index (χ2n) is 8.26. The van der Waals surface area contributed by atoms with E-state index in [1.54, 1.807) is 11.8 Å². The van der Waals surface area contributed by atoms with E-state index in [-0.39, 0.29) is 18.0 Å². The van der Waals surface area contributed by atoms with Crippen molar-refractivity contribution in [1.82, 2.24) is 19.2 Å². The molecule has 2 heterocycles. The molecule has 0 N–H and O–H groups in total. The Bertz CT molecular complexity index is 891. The Morgan fingerprint density at radius 1 is 1.12 bits per heavy atom. The highest BCUT2D eigenvalue weighted by Gasteiger charge is 2.25. The van der Waals surface area contributed by atoms with Crippen LogP contribution in [0.25, 0.3) is 0 Å². The second kappa shape index (κ2) is 11.3. The number of carbonyl (C=O) groups excluding carboxylic acids is 2. The summed E-state index contributed by atoms with van der Waals surface area (Å²) < 4.78 is 9.58. The van der Waals surface area contributed by atoms with Crippen molar-refractivity contribution in [2.75, 3.05) is 44.2 Å². The summed E-state index contributed by atoms with van der Waals surface area (Å²) >= 11 is 1.39. The number of amides is 2. The lowest BCUT2D eigenvalue weighted by atomic mass is 10.1. The van der Waals surface area contributed by atoms with Crippen LogP contribution < -0.4 is 4.90 Å². The topological polar surface area (TPSA) is 78.9 Å². The Labute approximate surface area is 194 Å². The van der Waals surface area contributed by atoms with Crippen molar-refractivity contribution in [3.05, 3.63) is 41.2 Å². The molecule has 0 aliphatic carbocycles. The fourth-order valence-electron chi connectivity index (χ4n) is 3.62. The van der Waals surface area contributed by atoms with Crippen LogP contribution >= 0.6 is 11.5 Å². The highest BCUT2D eigenvalue weighted by molar-refractivity contribution is 7.09. The summed E-state index contributed by atoms with van der Waals surface area (Å²) in [6.45, 7) is 11.1. The van der Waals surface area contributed by atoms with Gasteiger partial charge in [-0.3, -0.25) is 4.79 Å². The zero-order valence-corrected chi connectivity index (χ0v) is 20.2. The van der Waals surface area contributed by atoms with E-state index in [1.807, 2.05) is 4.90 Å². The number of aryl methyl sites for hydroxylation is 1. The first-order chi connectivity index (χ1) is 15.4. The van der Waals surface area contributed by atoms with Crippen LogP contribution in [-0.2, 0) is 16.0 Å². The second-order valence-corrected chi connectivity index (χ2v) is 8.99. The SMILES string of the molecule is CCOC(=O)N1CCN(C(=O)CCN(c2nc(Cc3ccc(C)cc3)ns2)C(C)C)CC1. The maximum absolute atomic E-state index is 12.8. The third-order valence-electron chi connectivity index (χ3n) is 5.53. The molecule has 32 heavy (non-hydrogen) atoms. The Balaban J connectivity index is 1.52. The van der Waals surface area contributed by atoms with Crippen molar-refractivity contribution in [3.63, 3.8) is 0 Å². The molecule has 1 aromatic heterocycles. The van der Waals surface area contributed by atoms with Crippen LogP contribution in [0.5, 0.6) is 0 Å². The van der Waals surface area contributed by atoms with E-state index < -0.39 is 0 Å². The lowest BCUT2D eigenvalue weighted by Gasteiger charge is -2.34. The first-order valence-corrected chi connectivity index (χ1v) is 12.0. The fourth-order valence-corrected chi connectivity index (χ4v) is 4.47. The number of anilines is 1. The van der Waals surface area contributed by atoms with Gasteiger partial charge in [-0.1, -0.05) is 29.8 Å². The van der Waals surface area contributed by atoms with Crippen molar-refractivity contribution in [3.8, 4) is 0 Å². The Morgan fingerprint density at radius 3 is 2.41 bits per heavy atom. The maximum Gasteiger partial charge on any atom is 0.409 e. The summed E-state index contributed by atoms with van der Waals surface area (Å²) in [5.41, 5.74) is 2.42. The van der Waals surface area contributed by atoms with E-state index in [2.05, 4.69) is 54.3 Å². The van der Waals surface area contributed by atoms with Crippen LogP contribution in [0.1, 0.15) is 44.1 Å². The van der Waals surface area contributed by atoms with Gasteiger partial charge in [0.25, 0.3) is 0 Å². The number of hydrogen-bond donors (Lipinski definition) is 0. The fraction of sp³-hybridized carbons (Fsp3) is 0.565. The van der Waals surface area contributed by atoms with Gasteiger partial charge in [0.2, 0.25) is 11.0 Å². The average molecular weight is 460 g/mol. The highest BCUT2D eigenvalue weighted by Crippen LogP contribution is 2.22. The standard InChI is InChI=1S/C23H33N5O3S/c1-5-31-23(30)27-14-12-26(13-15-27)21(29)10-11-28(17(2)3)22-24-20(25-32-22)16-19-8-6-18(4)7-9-19/h6-9,17H,5,10-16H2,1-4H3. The van der Waals surface area contributed by atoms with Crippen LogP contribution in [0, 0.1) is 6.92 Å². The van der Waals surface area contributed by atoms with Crippen LogP contribution in [-0.4, -0.2) is 76.5 Å². The maximum atomic E-state index is 12.8. The number of ether oxygens (including phenoxy) is 1. The zero-order valence-electron chi connectivity index (χ0n) is 19.4. The van der Waals surface area contributed by atoms with Crippen LogP contribution in [0.3, 0.4) is 0 Å². The molecule has 2 aromatic rings. The van der Waals surface area contributed by atoms with Crippen molar-refractivity contribution in [1.29, 1.82) is 0 Å². The van der Waals surface area contributed by atoms with Crippen molar-refractivity contribution < 1.29 is 14.3 Å². The first kappa shape index (κ1) is 24.0. The normalized spacial score (nSPS) is 14.0. The summed E-state index contributed by atoms with van der Waals surface area (Å²) in [6.07, 6.45) is 0.805. The highest BCUT2D eigenvalue weighted by atomic mass is 32.1. The average Bonchev–Trinajstić information content (AvgIpc) is 3.23. The molecule has 3 rings (SSSR count). The van der Waals surface area contributed by atoms with Gasteiger partial charge >= 0.3 is 6.09 Å². The molecular weight excluding hydrogens is 426 g/mol. The largest absolute Gasteiger partial charge is 0.450 e. The predicted molar refractivity (Wildman–Crippen MR) is 126 cm³/mol. The van der Waals surface area contributed by atoms with Crippen molar-refractivity contribution in [2.24, 2.45) is 0 Å². The van der Waals surface area contributed by atoms with E-state index in [9.17, 15) is 9.59 Å². The van der Waals surface area contributed by atoms with Gasteiger partial charge in [-0.25, -0.2) is 9.78 Å². The number of aromatic nitrogens is 2. The minimum Gasteiger partial charge on any atom is -0.450 e. The van der Waals surface area contributed by atoms with Gasteiger partial charge in [0.15, 0.2) is 0 Å².